The summed E-state index contributed by atoms with van der Waals surface area (Å²) < 4.78 is 5.85. The maximum Gasteiger partial charge on any atom is 0.205 e. The van der Waals surface area contributed by atoms with Gasteiger partial charge in [0.2, 0.25) is 5.78 Å². The van der Waals surface area contributed by atoms with Crippen molar-refractivity contribution in [2.24, 2.45) is 0 Å². The van der Waals surface area contributed by atoms with Crippen LogP contribution in [0, 0.1) is 0 Å². The van der Waals surface area contributed by atoms with Crippen LogP contribution < -0.4 is 4.74 Å². The second-order valence-corrected chi connectivity index (χ2v) is 3.71. The fraction of sp³-hybridized carbons (Fsp3) is 0.125. The second kappa shape index (κ2) is 2.75. The fourth-order valence-electron chi connectivity index (χ4n) is 1.14. The van der Waals surface area contributed by atoms with Gasteiger partial charge in [-0.15, -0.1) is 0 Å². The highest BCUT2D eigenvalue weighted by atomic mass is 79.9. The van der Waals surface area contributed by atoms with Gasteiger partial charge in [0.1, 0.15) is 0 Å². The molecule has 1 aromatic carbocycles. The molecule has 2 nitrogen and oxygen atoms in total. The van der Waals surface area contributed by atoms with Crippen molar-refractivity contribution < 1.29 is 9.53 Å². The molecule has 0 fully saturated rings. The van der Waals surface area contributed by atoms with Gasteiger partial charge in [0, 0.05) is 4.47 Å². The molecule has 0 spiro atoms. The van der Waals surface area contributed by atoms with Crippen LogP contribution in [0.25, 0.3) is 0 Å². The predicted octanol–water partition coefficient (Wildman–Crippen LogP) is 2.68. The van der Waals surface area contributed by atoms with Gasteiger partial charge < -0.3 is 4.74 Å². The number of halogens is 2. The Balaban J connectivity index is 2.72. The number of hydrogen-bond acceptors (Lipinski definition) is 2. The van der Waals surface area contributed by atoms with E-state index in [-0.39, 0.29) is 12.4 Å². The summed E-state index contributed by atoms with van der Waals surface area (Å²) in [6.45, 7) is 0.0949. The number of Topliss-reactive ketones (excluding diaryl/α,β-unsaturated/α-hetero) is 1. The summed E-state index contributed by atoms with van der Waals surface area (Å²) in [6, 6.07) is 3.44. The summed E-state index contributed by atoms with van der Waals surface area (Å²) >= 11 is 9.07. The van der Waals surface area contributed by atoms with Crippen LogP contribution in [0.2, 0.25) is 5.02 Å². The summed E-state index contributed by atoms with van der Waals surface area (Å²) in [5.74, 6) is 0.468. The lowest BCUT2D eigenvalue weighted by molar-refractivity contribution is 0.0960. The Morgan fingerprint density at radius 3 is 2.92 bits per heavy atom. The van der Waals surface area contributed by atoms with Gasteiger partial charge in [-0.25, -0.2) is 0 Å². The van der Waals surface area contributed by atoms with Crippen molar-refractivity contribution in [3.63, 3.8) is 0 Å². The van der Waals surface area contributed by atoms with E-state index in [4.69, 9.17) is 16.3 Å². The molecule has 1 heterocycles. The van der Waals surface area contributed by atoms with E-state index >= 15 is 0 Å². The quantitative estimate of drug-likeness (QED) is 0.704. The molecule has 0 saturated heterocycles. The molecule has 1 aliphatic heterocycles. The van der Waals surface area contributed by atoms with Crippen LogP contribution in [0.5, 0.6) is 5.75 Å². The van der Waals surface area contributed by atoms with Crippen molar-refractivity contribution in [3.8, 4) is 5.75 Å². The molecule has 0 atom stereocenters. The Morgan fingerprint density at radius 1 is 1.50 bits per heavy atom. The van der Waals surface area contributed by atoms with Crippen molar-refractivity contribution in [3.05, 3.63) is 27.2 Å². The highest BCUT2D eigenvalue weighted by Crippen LogP contribution is 2.37. The number of hydrogen-bond donors (Lipinski definition) is 0. The highest BCUT2D eigenvalue weighted by Gasteiger charge is 2.25. The summed E-state index contributed by atoms with van der Waals surface area (Å²) in [4.78, 5) is 11.2. The van der Waals surface area contributed by atoms with Gasteiger partial charge in [-0.1, -0.05) is 11.6 Å². The van der Waals surface area contributed by atoms with E-state index in [0.29, 0.717) is 16.3 Å². The van der Waals surface area contributed by atoms with E-state index in [1.165, 1.54) is 0 Å². The largest absolute Gasteiger partial charge is 0.483 e. The zero-order valence-corrected chi connectivity index (χ0v) is 8.28. The fourth-order valence-corrected chi connectivity index (χ4v) is 1.89. The zero-order chi connectivity index (χ0) is 8.72. The van der Waals surface area contributed by atoms with Crippen LogP contribution in [0.1, 0.15) is 10.4 Å². The topological polar surface area (TPSA) is 26.3 Å². The molecule has 0 unspecified atom stereocenters. The van der Waals surface area contributed by atoms with Gasteiger partial charge >= 0.3 is 0 Å². The summed E-state index contributed by atoms with van der Waals surface area (Å²) in [6.07, 6.45) is 0. The third-order valence-electron chi connectivity index (χ3n) is 1.69. The molecule has 0 aromatic heterocycles. The first-order valence-electron chi connectivity index (χ1n) is 3.34. The minimum Gasteiger partial charge on any atom is -0.483 e. The molecule has 0 radical (unpaired) electrons. The van der Waals surface area contributed by atoms with Gasteiger partial charge in [0.25, 0.3) is 0 Å². The molecule has 1 aliphatic rings. The van der Waals surface area contributed by atoms with Crippen LogP contribution in [0.15, 0.2) is 16.6 Å². The van der Waals surface area contributed by atoms with Gasteiger partial charge in [-0.2, -0.15) is 0 Å². The minimum atomic E-state index is -0.0284. The van der Waals surface area contributed by atoms with Gasteiger partial charge in [0.15, 0.2) is 12.4 Å². The van der Waals surface area contributed by atoms with Crippen molar-refractivity contribution in [2.75, 3.05) is 6.61 Å². The Labute approximate surface area is 82.6 Å². The zero-order valence-electron chi connectivity index (χ0n) is 5.93. The van der Waals surface area contributed by atoms with Gasteiger partial charge in [-0.3, -0.25) is 4.79 Å². The average Bonchev–Trinajstić information content (AvgIpc) is 2.42. The summed E-state index contributed by atoms with van der Waals surface area (Å²) in [5, 5.41) is 0.485. The Bertz CT molecular complexity index is 362. The Morgan fingerprint density at radius 2 is 2.25 bits per heavy atom. The molecule has 0 aliphatic carbocycles. The molecule has 12 heavy (non-hydrogen) atoms. The van der Waals surface area contributed by atoms with E-state index in [2.05, 4.69) is 15.9 Å². The maximum atomic E-state index is 11.2. The molecule has 1 aromatic rings. The number of ketones is 1. The number of carbonyl (C=O) groups is 1. The monoisotopic (exact) mass is 246 g/mol. The van der Waals surface area contributed by atoms with E-state index in [9.17, 15) is 4.79 Å². The van der Waals surface area contributed by atoms with Crippen LogP contribution in [-0.4, -0.2) is 12.4 Å². The normalized spacial score (nSPS) is 14.3. The first-order chi connectivity index (χ1) is 5.70. The average molecular weight is 247 g/mol. The van der Waals surface area contributed by atoms with Crippen molar-refractivity contribution in [2.45, 2.75) is 0 Å². The standard InChI is InChI=1S/C8H4BrClO2/c9-4-1-2-5(10)8-7(4)6(11)3-12-8/h1-2H,3H2. The lowest BCUT2D eigenvalue weighted by atomic mass is 10.1. The Kier molecular flexibility index (Phi) is 1.85. The molecule has 0 N–H and O–H groups in total. The highest BCUT2D eigenvalue weighted by molar-refractivity contribution is 9.10. The third-order valence-corrected chi connectivity index (χ3v) is 2.64. The van der Waals surface area contributed by atoms with Crippen molar-refractivity contribution in [1.82, 2.24) is 0 Å². The number of benzene rings is 1. The molecule has 4 heteroatoms. The van der Waals surface area contributed by atoms with Crippen molar-refractivity contribution >= 4 is 33.3 Å². The number of ether oxygens (including phenoxy) is 1. The van der Waals surface area contributed by atoms with E-state index < -0.39 is 0 Å². The smallest absolute Gasteiger partial charge is 0.205 e. The van der Waals surface area contributed by atoms with Crippen LogP contribution in [0.4, 0.5) is 0 Å². The maximum absolute atomic E-state index is 11.2. The lowest BCUT2D eigenvalue weighted by Gasteiger charge is -2.00. The minimum absolute atomic E-state index is 0.0284. The van der Waals surface area contributed by atoms with Gasteiger partial charge in [-0.05, 0) is 28.1 Å². The summed E-state index contributed by atoms with van der Waals surface area (Å²) in [5.41, 5.74) is 0.558. The molecule has 2 rings (SSSR count). The first-order valence-corrected chi connectivity index (χ1v) is 4.51. The van der Waals surface area contributed by atoms with Crippen molar-refractivity contribution in [1.29, 1.82) is 0 Å². The molecule has 0 bridgehead atoms. The molecular weight excluding hydrogens is 243 g/mol. The van der Waals surface area contributed by atoms with E-state index in [1.54, 1.807) is 12.1 Å². The molecule has 0 saturated carbocycles. The molecule has 62 valence electrons. The number of rotatable bonds is 0. The number of fused-ring (bicyclic) bond motifs is 1. The third kappa shape index (κ3) is 1.04. The molecular formula is C8H4BrClO2. The van der Waals surface area contributed by atoms with E-state index in [0.717, 1.165) is 4.47 Å². The van der Waals surface area contributed by atoms with Crippen LogP contribution in [0.3, 0.4) is 0 Å². The number of carbonyl (C=O) groups excluding carboxylic acids is 1. The second-order valence-electron chi connectivity index (χ2n) is 2.45. The SMILES string of the molecule is O=C1COc2c(Cl)ccc(Br)c21. The first kappa shape index (κ1) is 8.08. The van der Waals surface area contributed by atoms with Crippen LogP contribution in [-0.2, 0) is 0 Å². The molecule has 0 amide bonds. The predicted molar refractivity (Wildman–Crippen MR) is 49.0 cm³/mol. The lowest BCUT2D eigenvalue weighted by Crippen LogP contribution is -1.99. The van der Waals surface area contributed by atoms with E-state index in [1.807, 2.05) is 0 Å². The van der Waals surface area contributed by atoms with Crippen LogP contribution >= 0.6 is 27.5 Å². The summed E-state index contributed by atoms with van der Waals surface area (Å²) in [7, 11) is 0. The van der Waals surface area contributed by atoms with Gasteiger partial charge in [0.05, 0.1) is 10.6 Å². The Hall–Kier alpha value is -0.540.